The van der Waals surface area contributed by atoms with Crippen LogP contribution in [0.15, 0.2) is 24.3 Å². The highest BCUT2D eigenvalue weighted by Crippen LogP contribution is 2.08. The minimum Gasteiger partial charge on any atom is -0.0928 e. The first-order valence-corrected chi connectivity index (χ1v) is 6.12. The lowest BCUT2D eigenvalue weighted by Gasteiger charge is -2.01. The third-order valence-corrected chi connectivity index (χ3v) is 2.84. The van der Waals surface area contributed by atoms with Crippen molar-refractivity contribution in [3.8, 4) is 0 Å². The maximum Gasteiger partial charge on any atom is 0.00314 e. The van der Waals surface area contributed by atoms with Crippen LogP contribution in [0.5, 0.6) is 0 Å². The second-order valence-corrected chi connectivity index (χ2v) is 4.11. The molecule has 0 N–H and O–H groups in total. The highest BCUT2D eigenvalue weighted by Gasteiger charge is 1.93. The zero-order chi connectivity index (χ0) is 9.52. The molecule has 1 rings (SSSR count). The van der Waals surface area contributed by atoms with E-state index in [0.29, 0.717) is 0 Å². The van der Waals surface area contributed by atoms with Gasteiger partial charge in [0.05, 0.1) is 0 Å². The lowest BCUT2D eigenvalue weighted by molar-refractivity contribution is 0.805. The van der Waals surface area contributed by atoms with E-state index in [1.165, 1.54) is 30.4 Å². The van der Waals surface area contributed by atoms with Gasteiger partial charge in [0.1, 0.15) is 0 Å². The summed E-state index contributed by atoms with van der Waals surface area (Å²) in [4.78, 5) is 0. The molecule has 0 atom stereocenters. The molecule has 0 spiro atoms. The molecule has 0 aliphatic carbocycles. The maximum atomic E-state index is 3.45. The topological polar surface area (TPSA) is 0 Å². The third-order valence-electron chi connectivity index (χ3n) is 2.28. The van der Waals surface area contributed by atoms with Gasteiger partial charge in [-0.15, -0.1) is 0 Å². The molecule has 0 aromatic heterocycles. The van der Waals surface area contributed by atoms with E-state index in [1.54, 1.807) is 0 Å². The van der Waals surface area contributed by atoms with Gasteiger partial charge in [-0.05, 0) is 36.8 Å². The van der Waals surface area contributed by atoms with Gasteiger partial charge in [-0.2, -0.15) is 0 Å². The molecule has 0 aliphatic rings. The van der Waals surface area contributed by atoms with E-state index in [1.807, 2.05) is 0 Å². The summed E-state index contributed by atoms with van der Waals surface area (Å²) in [5, 5.41) is 1.13. The summed E-state index contributed by atoms with van der Waals surface area (Å²) in [5.41, 5.74) is 2.90. The van der Waals surface area contributed by atoms with Crippen LogP contribution >= 0.6 is 15.9 Å². The summed E-state index contributed by atoms with van der Waals surface area (Å²) in [6.07, 6.45) is 4.92. The SMILES string of the molecule is CCc1ccc(CCCCBr)cc1. The zero-order valence-electron chi connectivity index (χ0n) is 8.22. The number of unbranched alkanes of at least 4 members (excludes halogenated alkanes) is 1. The van der Waals surface area contributed by atoms with Crippen LogP contribution in [-0.2, 0) is 12.8 Å². The molecule has 1 aromatic rings. The molecule has 0 unspecified atom stereocenters. The van der Waals surface area contributed by atoms with Gasteiger partial charge in [0.2, 0.25) is 0 Å². The number of halogens is 1. The number of hydrogen-bond acceptors (Lipinski definition) is 0. The Labute approximate surface area is 89.5 Å². The summed E-state index contributed by atoms with van der Waals surface area (Å²) < 4.78 is 0. The van der Waals surface area contributed by atoms with Crippen molar-refractivity contribution in [2.24, 2.45) is 0 Å². The summed E-state index contributed by atoms with van der Waals surface area (Å²) in [6, 6.07) is 8.99. The minimum absolute atomic E-state index is 1.13. The molecule has 0 amide bonds. The number of aryl methyl sites for hydroxylation is 2. The van der Waals surface area contributed by atoms with Gasteiger partial charge in [0, 0.05) is 5.33 Å². The average Bonchev–Trinajstić information content (AvgIpc) is 2.19. The Bertz CT molecular complexity index is 225. The zero-order valence-corrected chi connectivity index (χ0v) is 9.81. The molecule has 1 aromatic carbocycles. The summed E-state index contributed by atoms with van der Waals surface area (Å²) in [7, 11) is 0. The van der Waals surface area contributed by atoms with E-state index in [2.05, 4.69) is 47.1 Å². The van der Waals surface area contributed by atoms with Crippen LogP contribution < -0.4 is 0 Å². The number of alkyl halides is 1. The Morgan fingerprint density at radius 2 is 1.62 bits per heavy atom. The van der Waals surface area contributed by atoms with E-state index in [4.69, 9.17) is 0 Å². The molecule has 1 heteroatoms. The van der Waals surface area contributed by atoms with Crippen molar-refractivity contribution in [3.63, 3.8) is 0 Å². The molecule has 0 fully saturated rings. The quantitative estimate of drug-likeness (QED) is 0.540. The first-order chi connectivity index (χ1) is 6.36. The molecule has 0 bridgehead atoms. The molecule has 72 valence electrons. The van der Waals surface area contributed by atoms with E-state index >= 15 is 0 Å². The fourth-order valence-electron chi connectivity index (χ4n) is 1.37. The van der Waals surface area contributed by atoms with Gasteiger partial charge in [-0.25, -0.2) is 0 Å². The van der Waals surface area contributed by atoms with Gasteiger partial charge in [0.25, 0.3) is 0 Å². The Morgan fingerprint density at radius 1 is 1.00 bits per heavy atom. The number of benzene rings is 1. The van der Waals surface area contributed by atoms with Gasteiger partial charge >= 0.3 is 0 Å². The van der Waals surface area contributed by atoms with Crippen LogP contribution in [0, 0.1) is 0 Å². The van der Waals surface area contributed by atoms with Crippen molar-refractivity contribution in [3.05, 3.63) is 35.4 Å². The van der Waals surface area contributed by atoms with E-state index in [9.17, 15) is 0 Å². The molecule has 0 nitrogen and oxygen atoms in total. The van der Waals surface area contributed by atoms with Crippen LogP contribution in [-0.4, -0.2) is 5.33 Å². The van der Waals surface area contributed by atoms with Crippen LogP contribution in [0.3, 0.4) is 0 Å². The normalized spacial score (nSPS) is 10.3. The molecule has 0 heterocycles. The Balaban J connectivity index is 2.40. The smallest absolute Gasteiger partial charge is 0.00314 e. The maximum absolute atomic E-state index is 3.45. The van der Waals surface area contributed by atoms with E-state index < -0.39 is 0 Å². The Morgan fingerprint density at radius 3 is 2.15 bits per heavy atom. The molecule has 0 saturated heterocycles. The molecule has 0 saturated carbocycles. The Hall–Kier alpha value is -0.300. The molecular formula is C12H17Br. The van der Waals surface area contributed by atoms with Crippen LogP contribution in [0.1, 0.15) is 30.9 Å². The van der Waals surface area contributed by atoms with E-state index in [0.717, 1.165) is 11.8 Å². The van der Waals surface area contributed by atoms with Crippen LogP contribution in [0.2, 0.25) is 0 Å². The van der Waals surface area contributed by atoms with Crippen molar-refractivity contribution >= 4 is 15.9 Å². The standard InChI is InChI=1S/C12H17Br/c1-2-11-6-8-12(9-7-11)5-3-4-10-13/h6-9H,2-5,10H2,1H3. The van der Waals surface area contributed by atoms with Gasteiger partial charge < -0.3 is 0 Å². The second-order valence-electron chi connectivity index (χ2n) is 3.32. The summed E-state index contributed by atoms with van der Waals surface area (Å²) >= 11 is 3.45. The van der Waals surface area contributed by atoms with Gasteiger partial charge in [-0.3, -0.25) is 0 Å². The number of rotatable bonds is 5. The first kappa shape index (κ1) is 10.8. The third kappa shape index (κ3) is 3.95. The summed E-state index contributed by atoms with van der Waals surface area (Å²) in [6.45, 7) is 2.19. The fraction of sp³-hybridized carbons (Fsp3) is 0.500. The largest absolute Gasteiger partial charge is 0.0928 e. The molecular weight excluding hydrogens is 224 g/mol. The predicted octanol–water partition coefficient (Wildman–Crippen LogP) is 3.97. The average molecular weight is 241 g/mol. The van der Waals surface area contributed by atoms with Crippen LogP contribution in [0.25, 0.3) is 0 Å². The van der Waals surface area contributed by atoms with Gasteiger partial charge in [-0.1, -0.05) is 47.1 Å². The lowest BCUT2D eigenvalue weighted by Crippen LogP contribution is -1.87. The van der Waals surface area contributed by atoms with Crippen molar-refractivity contribution < 1.29 is 0 Å². The number of hydrogen-bond donors (Lipinski definition) is 0. The monoisotopic (exact) mass is 240 g/mol. The highest BCUT2D eigenvalue weighted by atomic mass is 79.9. The van der Waals surface area contributed by atoms with Crippen molar-refractivity contribution in [2.45, 2.75) is 32.6 Å². The minimum atomic E-state index is 1.13. The molecule has 0 aliphatic heterocycles. The summed E-state index contributed by atoms with van der Waals surface area (Å²) in [5.74, 6) is 0. The Kier molecular flexibility index (Phi) is 5.14. The van der Waals surface area contributed by atoms with Crippen LogP contribution in [0.4, 0.5) is 0 Å². The predicted molar refractivity (Wildman–Crippen MR) is 62.6 cm³/mol. The first-order valence-electron chi connectivity index (χ1n) is 5.00. The van der Waals surface area contributed by atoms with E-state index in [-0.39, 0.29) is 0 Å². The highest BCUT2D eigenvalue weighted by molar-refractivity contribution is 9.09. The van der Waals surface area contributed by atoms with Gasteiger partial charge in [0.15, 0.2) is 0 Å². The van der Waals surface area contributed by atoms with Crippen molar-refractivity contribution in [1.82, 2.24) is 0 Å². The molecule has 13 heavy (non-hydrogen) atoms. The lowest BCUT2D eigenvalue weighted by atomic mass is 10.1. The van der Waals surface area contributed by atoms with Crippen molar-refractivity contribution in [1.29, 1.82) is 0 Å². The molecule has 0 radical (unpaired) electrons. The fourth-order valence-corrected chi connectivity index (χ4v) is 1.76. The second kappa shape index (κ2) is 6.20. The van der Waals surface area contributed by atoms with Crippen molar-refractivity contribution in [2.75, 3.05) is 5.33 Å².